The van der Waals surface area contributed by atoms with Crippen LogP contribution in [0.5, 0.6) is 5.75 Å². The number of carboxylic acid groups (broad SMARTS) is 1. The number of carbonyl (C=O) groups is 2. The number of piperazine rings is 1. The second-order valence-corrected chi connectivity index (χ2v) is 11.2. The molecular weight excluding hydrogens is 532 g/mol. The normalized spacial score (nSPS) is 16.3. The van der Waals surface area contributed by atoms with Gasteiger partial charge < -0.3 is 19.6 Å². The molecule has 1 aromatic carbocycles. The van der Waals surface area contributed by atoms with Gasteiger partial charge in [-0.1, -0.05) is 6.07 Å². The summed E-state index contributed by atoms with van der Waals surface area (Å²) < 4.78 is 7.76. The number of nitrogens with zero attached hydrogens (tertiary/aromatic N) is 6. The molecule has 4 heterocycles. The Hall–Kier alpha value is -4.31. The minimum Gasteiger partial charge on any atom is -0.493 e. The zero-order valence-corrected chi connectivity index (χ0v) is 23.9. The molecule has 10 nitrogen and oxygen atoms in total. The predicted molar refractivity (Wildman–Crippen MR) is 158 cm³/mol. The molecule has 42 heavy (non-hydrogen) atoms. The molecule has 1 N–H and O–H groups in total. The molecule has 1 aliphatic carbocycles. The summed E-state index contributed by atoms with van der Waals surface area (Å²) in [6.07, 6.45) is 10.0. The highest BCUT2D eigenvalue weighted by Gasteiger charge is 2.25. The van der Waals surface area contributed by atoms with Gasteiger partial charge in [0.05, 0.1) is 36.3 Å². The molecule has 0 radical (unpaired) electrons. The van der Waals surface area contributed by atoms with E-state index in [4.69, 9.17) is 9.72 Å². The summed E-state index contributed by atoms with van der Waals surface area (Å²) in [6.45, 7) is 3.44. The second kappa shape index (κ2) is 12.3. The molecule has 0 bridgehead atoms. The lowest BCUT2D eigenvalue weighted by molar-refractivity contribution is -0.137. The van der Waals surface area contributed by atoms with Crippen LogP contribution in [0.3, 0.4) is 0 Å². The third kappa shape index (κ3) is 6.13. The number of likely N-dealkylation sites (N-methyl/N-ethyl adjacent to an activating group) is 1. The monoisotopic (exact) mass is 568 g/mol. The first-order valence-electron chi connectivity index (χ1n) is 14.7. The molecule has 0 spiro atoms. The molecule has 1 atom stereocenters. The summed E-state index contributed by atoms with van der Waals surface area (Å²) in [5.74, 6) is -0.337. The average Bonchev–Trinajstić information content (AvgIpc) is 3.43. The minimum atomic E-state index is -0.963. The van der Waals surface area contributed by atoms with Crippen molar-refractivity contribution < 1.29 is 19.4 Å². The largest absolute Gasteiger partial charge is 0.493 e. The standard InChI is InChI=1S/C32H36N6O4/c1-36-11-13-37(14-12-36)32(41)25-16-23(19-33-20-25)30(18-31(39)40)38-29-9-8-27(17-24(29)21-34-38)42-15-10-26-7-6-22-4-2-3-5-28(22)35-26/h6-9,16-17,19-21,30H,2-5,10-15,18H2,1H3,(H,39,40). The molecule has 1 aliphatic heterocycles. The van der Waals surface area contributed by atoms with Crippen molar-refractivity contribution in [3.05, 3.63) is 83.1 Å². The van der Waals surface area contributed by atoms with Crippen LogP contribution in [0, 0.1) is 0 Å². The van der Waals surface area contributed by atoms with Gasteiger partial charge in [0.2, 0.25) is 0 Å². The lowest BCUT2D eigenvalue weighted by Gasteiger charge is -2.32. The molecule has 1 unspecified atom stereocenters. The summed E-state index contributed by atoms with van der Waals surface area (Å²) in [4.78, 5) is 38.3. The van der Waals surface area contributed by atoms with Crippen LogP contribution in [0.15, 0.2) is 55.0 Å². The van der Waals surface area contributed by atoms with E-state index in [-0.39, 0.29) is 12.3 Å². The van der Waals surface area contributed by atoms with Crippen molar-refractivity contribution in [2.75, 3.05) is 39.8 Å². The zero-order chi connectivity index (χ0) is 29.1. The van der Waals surface area contributed by atoms with Crippen LogP contribution in [0.25, 0.3) is 10.9 Å². The number of pyridine rings is 2. The van der Waals surface area contributed by atoms with Gasteiger partial charge in [-0.2, -0.15) is 5.10 Å². The lowest BCUT2D eigenvalue weighted by Crippen LogP contribution is -2.47. The summed E-state index contributed by atoms with van der Waals surface area (Å²) in [6, 6.07) is 11.1. The Labute approximate surface area is 244 Å². The summed E-state index contributed by atoms with van der Waals surface area (Å²) >= 11 is 0. The molecule has 0 saturated carbocycles. The highest BCUT2D eigenvalue weighted by molar-refractivity contribution is 5.94. The average molecular weight is 569 g/mol. The van der Waals surface area contributed by atoms with Crippen LogP contribution >= 0.6 is 0 Å². The Morgan fingerprint density at radius 2 is 1.83 bits per heavy atom. The first-order valence-corrected chi connectivity index (χ1v) is 14.7. The molecule has 1 fully saturated rings. The van der Waals surface area contributed by atoms with Crippen LogP contribution in [0.2, 0.25) is 0 Å². The third-order valence-corrected chi connectivity index (χ3v) is 8.27. The van der Waals surface area contributed by atoms with Crippen LogP contribution in [0.4, 0.5) is 0 Å². The van der Waals surface area contributed by atoms with Gasteiger partial charge in [-0.3, -0.25) is 24.2 Å². The molecule has 4 aromatic rings. The number of fused-ring (bicyclic) bond motifs is 2. The molecule has 6 rings (SSSR count). The molecule has 1 amide bonds. The Balaban J connectivity index is 1.18. The highest BCUT2D eigenvalue weighted by atomic mass is 16.5. The Bertz CT molecular complexity index is 1590. The van der Waals surface area contributed by atoms with Crippen molar-refractivity contribution >= 4 is 22.8 Å². The van der Waals surface area contributed by atoms with Crippen molar-refractivity contribution in [1.29, 1.82) is 0 Å². The number of amides is 1. The molecule has 3 aromatic heterocycles. The Kier molecular flexibility index (Phi) is 8.14. The fourth-order valence-corrected chi connectivity index (χ4v) is 5.87. The fraction of sp³-hybridized carbons (Fsp3) is 0.406. The van der Waals surface area contributed by atoms with E-state index in [0.29, 0.717) is 30.8 Å². The molecule has 1 saturated heterocycles. The van der Waals surface area contributed by atoms with Gasteiger partial charge in [0.1, 0.15) is 5.75 Å². The van der Waals surface area contributed by atoms with Gasteiger partial charge in [-0.05, 0) is 74.2 Å². The highest BCUT2D eigenvalue weighted by Crippen LogP contribution is 2.29. The molecular formula is C32H36N6O4. The molecule has 2 aliphatic rings. The number of aromatic nitrogens is 4. The molecule has 10 heteroatoms. The first kappa shape index (κ1) is 27.8. The van der Waals surface area contributed by atoms with Gasteiger partial charge in [0.25, 0.3) is 5.91 Å². The smallest absolute Gasteiger partial charge is 0.305 e. The van der Waals surface area contributed by atoms with Crippen molar-refractivity contribution in [2.24, 2.45) is 0 Å². The number of carbonyl (C=O) groups excluding carboxylic acids is 1. The van der Waals surface area contributed by atoms with Gasteiger partial charge in [-0.25, -0.2) is 0 Å². The van der Waals surface area contributed by atoms with Crippen molar-refractivity contribution in [3.63, 3.8) is 0 Å². The van der Waals surface area contributed by atoms with Gasteiger partial charge in [-0.15, -0.1) is 0 Å². The van der Waals surface area contributed by atoms with Gasteiger partial charge in [0.15, 0.2) is 0 Å². The van der Waals surface area contributed by atoms with Crippen molar-refractivity contribution in [2.45, 2.75) is 44.6 Å². The Morgan fingerprint density at radius 3 is 2.67 bits per heavy atom. The van der Waals surface area contributed by atoms with Crippen LogP contribution in [-0.2, 0) is 24.1 Å². The number of rotatable bonds is 9. The van der Waals surface area contributed by atoms with Crippen LogP contribution in [0.1, 0.15) is 58.2 Å². The number of hydrogen-bond acceptors (Lipinski definition) is 7. The zero-order valence-electron chi connectivity index (χ0n) is 23.9. The van der Waals surface area contributed by atoms with Crippen LogP contribution in [-0.4, -0.2) is 86.4 Å². The Morgan fingerprint density at radius 1 is 1.00 bits per heavy atom. The van der Waals surface area contributed by atoms with E-state index < -0.39 is 12.0 Å². The SMILES string of the molecule is CN1CCN(C(=O)c2cncc(C(CC(=O)O)n3ncc4cc(OCCc5ccc6c(n5)CCCC6)ccc43)c2)CC1. The van der Waals surface area contributed by atoms with E-state index in [1.807, 2.05) is 30.1 Å². The van der Waals surface area contributed by atoms with Gasteiger partial charge >= 0.3 is 5.97 Å². The van der Waals surface area contributed by atoms with E-state index in [0.717, 1.165) is 54.7 Å². The number of carboxylic acids is 1. The number of benzene rings is 1. The number of aliphatic carboxylic acids is 1. The van der Waals surface area contributed by atoms with Crippen molar-refractivity contribution in [3.8, 4) is 5.75 Å². The van der Waals surface area contributed by atoms with Crippen LogP contribution < -0.4 is 4.74 Å². The summed E-state index contributed by atoms with van der Waals surface area (Å²) in [5.41, 5.74) is 5.50. The predicted octanol–water partition coefficient (Wildman–Crippen LogP) is 3.78. The second-order valence-electron chi connectivity index (χ2n) is 11.2. The fourth-order valence-electron chi connectivity index (χ4n) is 5.87. The summed E-state index contributed by atoms with van der Waals surface area (Å²) in [7, 11) is 2.04. The van der Waals surface area contributed by atoms with Crippen molar-refractivity contribution in [1.82, 2.24) is 29.5 Å². The van der Waals surface area contributed by atoms with E-state index >= 15 is 0 Å². The minimum absolute atomic E-state index is 0.0933. The topological polar surface area (TPSA) is 114 Å². The number of ether oxygens (including phenoxy) is 1. The maximum absolute atomic E-state index is 13.2. The first-order chi connectivity index (χ1) is 20.4. The third-order valence-electron chi connectivity index (χ3n) is 8.27. The lowest BCUT2D eigenvalue weighted by atomic mass is 9.96. The van der Waals surface area contributed by atoms with E-state index in [1.165, 1.54) is 24.1 Å². The quantitative estimate of drug-likeness (QED) is 0.325. The van der Waals surface area contributed by atoms with Gasteiger partial charge in [0, 0.05) is 61.8 Å². The summed E-state index contributed by atoms with van der Waals surface area (Å²) in [5, 5.41) is 15.2. The maximum atomic E-state index is 13.2. The maximum Gasteiger partial charge on any atom is 0.305 e. The van der Waals surface area contributed by atoms with E-state index in [9.17, 15) is 14.7 Å². The number of hydrogen-bond donors (Lipinski definition) is 1. The van der Waals surface area contributed by atoms with E-state index in [1.54, 1.807) is 29.3 Å². The molecule has 218 valence electrons. The number of aryl methyl sites for hydroxylation is 2. The van der Waals surface area contributed by atoms with E-state index in [2.05, 4.69) is 27.1 Å².